The van der Waals surface area contributed by atoms with Crippen molar-refractivity contribution in [3.05, 3.63) is 29.8 Å². The van der Waals surface area contributed by atoms with E-state index in [4.69, 9.17) is 18.9 Å². The molecule has 2 aliphatic heterocycles. The average molecular weight is 462 g/mol. The first-order valence-corrected chi connectivity index (χ1v) is 10.2. The molecule has 0 spiro atoms. The Balaban J connectivity index is 1.50. The van der Waals surface area contributed by atoms with Gasteiger partial charge in [-0.2, -0.15) is 0 Å². The van der Waals surface area contributed by atoms with E-state index in [1.54, 1.807) is 24.3 Å². The van der Waals surface area contributed by atoms with Gasteiger partial charge in [0.15, 0.2) is 6.29 Å². The van der Waals surface area contributed by atoms with Crippen molar-refractivity contribution in [2.75, 3.05) is 19.8 Å². The molecule has 0 amide bonds. The number of rotatable bonds is 8. The van der Waals surface area contributed by atoms with Crippen LogP contribution in [0, 0.1) is 0 Å². The van der Waals surface area contributed by atoms with E-state index in [-0.39, 0.29) is 6.61 Å². The maximum Gasteiger partial charge on any atom is 0.229 e. The van der Waals surface area contributed by atoms with Crippen molar-refractivity contribution in [2.24, 2.45) is 0 Å². The van der Waals surface area contributed by atoms with Gasteiger partial charge in [0.05, 0.1) is 19.8 Å². The van der Waals surface area contributed by atoms with Crippen molar-refractivity contribution in [1.29, 1.82) is 0 Å². The first kappa shape index (κ1) is 25.2. The molecular weight excluding hydrogens is 432 g/mol. The van der Waals surface area contributed by atoms with Gasteiger partial charge < -0.3 is 59.8 Å². The molecule has 2 aliphatic rings. The molecule has 10 atom stereocenters. The number of benzene rings is 1. The van der Waals surface area contributed by atoms with Gasteiger partial charge in [-0.05, 0) is 24.1 Å². The number of aliphatic hydroxyl groups is 8. The molecule has 182 valence electrons. The normalized spacial score (nSPS) is 40.2. The molecule has 2 fully saturated rings. The third kappa shape index (κ3) is 5.55. The van der Waals surface area contributed by atoms with Crippen LogP contribution in [0.15, 0.2) is 24.3 Å². The summed E-state index contributed by atoms with van der Waals surface area (Å²) >= 11 is 0. The molecule has 0 bridgehead atoms. The second-order valence-electron chi connectivity index (χ2n) is 7.78. The van der Waals surface area contributed by atoms with E-state index in [2.05, 4.69) is 0 Å². The van der Waals surface area contributed by atoms with E-state index in [1.165, 1.54) is 0 Å². The van der Waals surface area contributed by atoms with Crippen molar-refractivity contribution in [2.45, 2.75) is 67.8 Å². The molecule has 8 N–H and O–H groups in total. The molecule has 32 heavy (non-hydrogen) atoms. The highest BCUT2D eigenvalue weighted by Crippen LogP contribution is 2.25. The standard InChI is InChI=1S/C20H30O12/c21-7-11-13(23)15(25)17(27)19(31-11)29-6-5-9-1-3-10(4-2-9)30-20-18(28)16(26)14(24)12(8-22)32-20/h1-4,11-28H,5-8H2/t11-,12-,13-,14-,15+,16+,17-,18-,19-,20-/m1/s1. The lowest BCUT2D eigenvalue weighted by molar-refractivity contribution is -0.300. The van der Waals surface area contributed by atoms with Gasteiger partial charge in [0.2, 0.25) is 6.29 Å². The Morgan fingerprint density at radius 2 is 1.16 bits per heavy atom. The molecule has 1 aromatic rings. The van der Waals surface area contributed by atoms with Crippen molar-refractivity contribution >= 4 is 0 Å². The number of hydrogen-bond donors (Lipinski definition) is 8. The van der Waals surface area contributed by atoms with Gasteiger partial charge in [-0.1, -0.05) is 12.1 Å². The van der Waals surface area contributed by atoms with Gasteiger partial charge in [-0.15, -0.1) is 0 Å². The average Bonchev–Trinajstić information content (AvgIpc) is 2.80. The zero-order valence-corrected chi connectivity index (χ0v) is 17.1. The van der Waals surface area contributed by atoms with Gasteiger partial charge in [-0.25, -0.2) is 0 Å². The Labute approximate surface area is 183 Å². The van der Waals surface area contributed by atoms with Crippen molar-refractivity contribution in [3.63, 3.8) is 0 Å². The van der Waals surface area contributed by atoms with Gasteiger partial charge in [-0.3, -0.25) is 0 Å². The predicted molar refractivity (Wildman–Crippen MR) is 104 cm³/mol. The van der Waals surface area contributed by atoms with Crippen molar-refractivity contribution < 1.29 is 59.8 Å². The van der Waals surface area contributed by atoms with Crippen LogP contribution >= 0.6 is 0 Å². The summed E-state index contributed by atoms with van der Waals surface area (Å²) in [6.45, 7) is -0.992. The second kappa shape index (κ2) is 11.1. The molecule has 0 unspecified atom stereocenters. The predicted octanol–water partition coefficient (Wildman–Crippen LogP) is -3.78. The highest BCUT2D eigenvalue weighted by atomic mass is 16.7. The van der Waals surface area contributed by atoms with Crippen LogP contribution in [0.5, 0.6) is 5.75 Å². The molecule has 0 aromatic heterocycles. The molecule has 0 radical (unpaired) electrons. The summed E-state index contributed by atoms with van der Waals surface area (Å²) in [5, 5.41) is 77.6. The van der Waals surface area contributed by atoms with Gasteiger partial charge in [0.1, 0.15) is 54.6 Å². The lowest BCUT2D eigenvalue weighted by Crippen LogP contribution is -2.60. The van der Waals surface area contributed by atoms with E-state index in [0.717, 1.165) is 5.56 Å². The highest BCUT2D eigenvalue weighted by molar-refractivity contribution is 5.27. The van der Waals surface area contributed by atoms with Crippen molar-refractivity contribution in [3.8, 4) is 5.75 Å². The van der Waals surface area contributed by atoms with Crippen LogP contribution in [-0.4, -0.2) is 122 Å². The maximum atomic E-state index is 10.0. The van der Waals surface area contributed by atoms with E-state index >= 15 is 0 Å². The Bertz CT molecular complexity index is 698. The van der Waals surface area contributed by atoms with Crippen LogP contribution in [0.3, 0.4) is 0 Å². The first-order valence-electron chi connectivity index (χ1n) is 10.2. The quantitative estimate of drug-likeness (QED) is 0.188. The minimum atomic E-state index is -1.54. The van der Waals surface area contributed by atoms with Crippen LogP contribution in [-0.2, 0) is 20.6 Å². The second-order valence-corrected chi connectivity index (χ2v) is 7.78. The van der Waals surface area contributed by atoms with Crippen LogP contribution < -0.4 is 4.74 Å². The summed E-state index contributed by atoms with van der Waals surface area (Å²) in [7, 11) is 0. The third-order valence-electron chi connectivity index (χ3n) is 5.55. The Kier molecular flexibility index (Phi) is 8.77. The van der Waals surface area contributed by atoms with Crippen LogP contribution in [0.1, 0.15) is 5.56 Å². The summed E-state index contributed by atoms with van der Waals surface area (Å²) in [6.07, 6.45) is -13.2. The Morgan fingerprint density at radius 3 is 1.69 bits per heavy atom. The molecule has 3 rings (SSSR count). The summed E-state index contributed by atoms with van der Waals surface area (Å²) in [5.74, 6) is 0.313. The Morgan fingerprint density at radius 1 is 0.656 bits per heavy atom. The smallest absolute Gasteiger partial charge is 0.229 e. The summed E-state index contributed by atoms with van der Waals surface area (Å²) < 4.78 is 21.5. The zero-order chi connectivity index (χ0) is 23.4. The molecule has 0 saturated carbocycles. The minimum absolute atomic E-state index is 0.107. The summed E-state index contributed by atoms with van der Waals surface area (Å²) in [6, 6.07) is 6.58. The molecule has 2 saturated heterocycles. The SMILES string of the molecule is OC[C@H]1O[C@@H](OCCc2ccc(O[C@@H]3O[C@H](CO)[C@@H](O)[C@H](O)[C@H]3O)cc2)[C@H](O)[C@@H](O)[C@@H]1O. The van der Waals surface area contributed by atoms with Gasteiger partial charge in [0, 0.05) is 0 Å². The molecule has 0 aliphatic carbocycles. The van der Waals surface area contributed by atoms with E-state index in [1.807, 2.05) is 0 Å². The van der Waals surface area contributed by atoms with Gasteiger partial charge >= 0.3 is 0 Å². The lowest BCUT2D eigenvalue weighted by atomic mass is 9.99. The molecule has 2 heterocycles. The molecule has 12 heteroatoms. The molecule has 1 aromatic carbocycles. The fourth-order valence-electron chi connectivity index (χ4n) is 3.53. The Hall–Kier alpha value is -1.42. The fourth-order valence-corrected chi connectivity index (χ4v) is 3.53. The number of aliphatic hydroxyl groups excluding tert-OH is 8. The fraction of sp³-hybridized carbons (Fsp3) is 0.700. The molecular formula is C20H30O12. The summed E-state index contributed by atoms with van der Waals surface area (Å²) in [4.78, 5) is 0. The topological polar surface area (TPSA) is 199 Å². The van der Waals surface area contributed by atoms with E-state index in [9.17, 15) is 40.9 Å². The van der Waals surface area contributed by atoms with E-state index < -0.39 is 74.6 Å². The van der Waals surface area contributed by atoms with Crippen LogP contribution in [0.25, 0.3) is 0 Å². The molecule has 12 nitrogen and oxygen atoms in total. The maximum absolute atomic E-state index is 10.0. The monoisotopic (exact) mass is 462 g/mol. The number of ether oxygens (including phenoxy) is 4. The van der Waals surface area contributed by atoms with E-state index in [0.29, 0.717) is 12.2 Å². The zero-order valence-electron chi connectivity index (χ0n) is 17.1. The highest BCUT2D eigenvalue weighted by Gasteiger charge is 2.45. The first-order chi connectivity index (χ1) is 15.3. The van der Waals surface area contributed by atoms with Crippen molar-refractivity contribution in [1.82, 2.24) is 0 Å². The van der Waals surface area contributed by atoms with Gasteiger partial charge in [0.25, 0.3) is 0 Å². The van der Waals surface area contributed by atoms with Crippen LogP contribution in [0.2, 0.25) is 0 Å². The largest absolute Gasteiger partial charge is 0.462 e. The summed E-state index contributed by atoms with van der Waals surface area (Å²) in [5.41, 5.74) is 0.816. The third-order valence-corrected chi connectivity index (χ3v) is 5.55. The lowest BCUT2D eigenvalue weighted by Gasteiger charge is -2.39. The van der Waals surface area contributed by atoms with Crippen LogP contribution in [0.4, 0.5) is 0 Å². The minimum Gasteiger partial charge on any atom is -0.462 e. The number of hydrogen-bond acceptors (Lipinski definition) is 12.